The molecule has 4 N–H and O–H groups in total. The molecule has 2 fully saturated rings. The van der Waals surface area contributed by atoms with Crippen LogP contribution >= 0.6 is 0 Å². The predicted molar refractivity (Wildman–Crippen MR) is 137 cm³/mol. The second-order valence-electron chi connectivity index (χ2n) is 11.9. The van der Waals surface area contributed by atoms with E-state index in [1.165, 1.54) is 23.1 Å². The number of hydrogen-bond donors (Lipinski definition) is 2. The molecular formula is C27H34F17N3O. The molecule has 0 bridgehead atoms. The molecule has 2 aliphatic rings. The van der Waals surface area contributed by atoms with E-state index in [2.05, 4.69) is 6.58 Å². The van der Waals surface area contributed by atoms with Gasteiger partial charge in [-0.15, -0.1) is 6.58 Å². The Morgan fingerprint density at radius 2 is 1.15 bits per heavy atom. The fourth-order valence-corrected chi connectivity index (χ4v) is 5.63. The first-order chi connectivity index (χ1) is 21.6. The summed E-state index contributed by atoms with van der Waals surface area (Å²) in [5.74, 6) is -59.3. The molecule has 5 unspecified atom stereocenters. The van der Waals surface area contributed by atoms with Gasteiger partial charge >= 0.3 is 47.6 Å². The number of ether oxygens (including phenoxy) is 1. The first kappa shape index (κ1) is 42.3. The third kappa shape index (κ3) is 7.43. The lowest BCUT2D eigenvalue weighted by atomic mass is 9.76. The summed E-state index contributed by atoms with van der Waals surface area (Å²) in [6.45, 7) is 3.20. The Labute approximate surface area is 263 Å². The van der Waals surface area contributed by atoms with Gasteiger partial charge in [-0.3, -0.25) is 4.90 Å². The zero-order valence-electron chi connectivity index (χ0n) is 24.8. The summed E-state index contributed by atoms with van der Waals surface area (Å²) in [6, 6.07) is -1.59. The van der Waals surface area contributed by atoms with E-state index in [4.69, 9.17) is 16.2 Å². The van der Waals surface area contributed by atoms with E-state index >= 15 is 8.78 Å². The van der Waals surface area contributed by atoms with Crippen LogP contribution in [0.15, 0.2) is 24.8 Å². The number of nitrogens with two attached hydrogens (primary N) is 2. The number of hydrogen-bond acceptors (Lipinski definition) is 4. The molecule has 0 aromatic rings. The lowest BCUT2D eigenvalue weighted by Crippen LogP contribution is -2.75. The fourth-order valence-electron chi connectivity index (χ4n) is 5.63. The van der Waals surface area contributed by atoms with Crippen molar-refractivity contribution in [1.82, 2.24) is 4.90 Å². The van der Waals surface area contributed by atoms with Gasteiger partial charge in [-0.2, -0.15) is 74.6 Å². The van der Waals surface area contributed by atoms with Crippen molar-refractivity contribution in [3.05, 3.63) is 24.8 Å². The third-order valence-corrected chi connectivity index (χ3v) is 8.58. The van der Waals surface area contributed by atoms with Crippen molar-refractivity contribution >= 4 is 0 Å². The summed E-state index contributed by atoms with van der Waals surface area (Å²) in [4.78, 5) is 1.33. The maximum absolute atomic E-state index is 15.0. The summed E-state index contributed by atoms with van der Waals surface area (Å²) in [6.07, 6.45) is -4.99. The van der Waals surface area contributed by atoms with Gasteiger partial charge in [0.15, 0.2) is 0 Å². The molecule has 21 heteroatoms. The molecule has 282 valence electrons. The van der Waals surface area contributed by atoms with Crippen molar-refractivity contribution in [2.45, 2.75) is 117 Å². The molecule has 0 saturated heterocycles. The first-order valence-corrected chi connectivity index (χ1v) is 14.4. The van der Waals surface area contributed by atoms with Crippen molar-refractivity contribution in [3.63, 3.8) is 0 Å². The van der Waals surface area contributed by atoms with Crippen LogP contribution in [0.4, 0.5) is 74.6 Å². The van der Waals surface area contributed by atoms with Crippen LogP contribution < -0.4 is 11.5 Å². The predicted octanol–water partition coefficient (Wildman–Crippen LogP) is 7.82. The lowest BCUT2D eigenvalue weighted by molar-refractivity contribution is -0.463. The van der Waals surface area contributed by atoms with Crippen LogP contribution in [0.25, 0.3) is 0 Å². The zero-order chi connectivity index (χ0) is 37.4. The van der Waals surface area contributed by atoms with Crippen molar-refractivity contribution in [2.75, 3.05) is 19.7 Å². The standard InChI is InChI=1S/C27H34F17N3O/c1-2-10-47(11-3-4-12-48-19-14-16(45)8-9-18(19)46)17-7-5-6-15(13-17)20(28,29)21(30,31)22(32,33)23(34,35)24(36,37)25(38,39)26(40,41)27(42,43)44/h2-4,15-19H,1,5-14,45-46H2/b4-3+. The number of alkyl halides is 17. The van der Waals surface area contributed by atoms with Gasteiger partial charge < -0.3 is 16.2 Å². The number of nitrogens with zero attached hydrogens (tertiary/aromatic N) is 1. The molecule has 5 atom stereocenters. The van der Waals surface area contributed by atoms with Crippen molar-refractivity contribution < 1.29 is 79.4 Å². The third-order valence-electron chi connectivity index (χ3n) is 8.58. The van der Waals surface area contributed by atoms with Crippen molar-refractivity contribution in [1.29, 1.82) is 0 Å². The molecule has 48 heavy (non-hydrogen) atoms. The molecule has 0 aliphatic heterocycles. The summed E-state index contributed by atoms with van der Waals surface area (Å²) < 4.78 is 240. The van der Waals surface area contributed by atoms with Gasteiger partial charge in [0.05, 0.1) is 12.7 Å². The van der Waals surface area contributed by atoms with Gasteiger partial charge in [-0.05, 0) is 38.5 Å². The molecule has 2 aliphatic carbocycles. The Morgan fingerprint density at radius 1 is 0.625 bits per heavy atom. The molecule has 0 aromatic heterocycles. The van der Waals surface area contributed by atoms with Gasteiger partial charge in [-0.25, -0.2) is 0 Å². The van der Waals surface area contributed by atoms with Crippen LogP contribution in [-0.2, 0) is 4.74 Å². The molecule has 0 amide bonds. The van der Waals surface area contributed by atoms with Gasteiger partial charge in [-0.1, -0.05) is 24.6 Å². The van der Waals surface area contributed by atoms with E-state index in [1.54, 1.807) is 0 Å². The fraction of sp³-hybridized carbons (Fsp3) is 0.852. The average Bonchev–Trinajstić information content (AvgIpc) is 2.96. The van der Waals surface area contributed by atoms with Crippen LogP contribution in [0.1, 0.15) is 44.9 Å². The zero-order valence-corrected chi connectivity index (χ0v) is 24.8. The molecule has 0 radical (unpaired) electrons. The highest BCUT2D eigenvalue weighted by atomic mass is 19.4. The number of halogens is 17. The minimum absolute atomic E-state index is 0.00643. The van der Waals surface area contributed by atoms with Gasteiger partial charge in [0.1, 0.15) is 0 Å². The largest absolute Gasteiger partial charge is 0.460 e. The van der Waals surface area contributed by atoms with Crippen LogP contribution in [0.5, 0.6) is 0 Å². The highest BCUT2D eigenvalue weighted by Crippen LogP contribution is 2.65. The smallest absolute Gasteiger partial charge is 0.372 e. The maximum Gasteiger partial charge on any atom is 0.460 e. The SMILES string of the molecule is C=CCN(C/C=C/COC1CC(N)CCC1N)C1CCCC(C(F)(F)C(F)(F)C(F)(F)C(F)(F)C(F)(F)C(F)(F)C(F)(F)C(F)(F)F)C1. The Balaban J connectivity index is 2.28. The van der Waals surface area contributed by atoms with Crippen molar-refractivity contribution in [2.24, 2.45) is 17.4 Å². The summed E-state index contributed by atoms with van der Waals surface area (Å²) in [5.41, 5.74) is 11.9. The van der Waals surface area contributed by atoms with E-state index in [-0.39, 0.29) is 44.3 Å². The van der Waals surface area contributed by atoms with Crippen LogP contribution in [0, 0.1) is 5.92 Å². The molecule has 2 saturated carbocycles. The van der Waals surface area contributed by atoms with Crippen LogP contribution in [0.2, 0.25) is 0 Å². The Kier molecular flexibility index (Phi) is 12.7. The van der Waals surface area contributed by atoms with E-state index in [9.17, 15) is 65.9 Å². The first-order valence-electron chi connectivity index (χ1n) is 14.4. The second-order valence-corrected chi connectivity index (χ2v) is 11.9. The lowest BCUT2D eigenvalue weighted by Gasteiger charge is -2.45. The van der Waals surface area contributed by atoms with Gasteiger partial charge in [0.25, 0.3) is 0 Å². The second kappa shape index (κ2) is 14.4. The summed E-state index contributed by atoms with van der Waals surface area (Å²) in [7, 11) is 0. The molecule has 2 rings (SSSR count). The molecule has 0 spiro atoms. The van der Waals surface area contributed by atoms with E-state index < -0.39 is 78.9 Å². The Morgan fingerprint density at radius 3 is 1.67 bits per heavy atom. The minimum atomic E-state index is -8.64. The van der Waals surface area contributed by atoms with E-state index in [0.29, 0.717) is 19.3 Å². The van der Waals surface area contributed by atoms with Crippen LogP contribution in [-0.4, -0.2) is 96.5 Å². The highest BCUT2D eigenvalue weighted by Gasteiger charge is 2.95. The summed E-state index contributed by atoms with van der Waals surface area (Å²) >= 11 is 0. The maximum atomic E-state index is 15.0. The van der Waals surface area contributed by atoms with Crippen LogP contribution in [0.3, 0.4) is 0 Å². The molecular weight excluding hydrogens is 705 g/mol. The molecule has 4 nitrogen and oxygen atoms in total. The minimum Gasteiger partial charge on any atom is -0.372 e. The van der Waals surface area contributed by atoms with E-state index in [0.717, 1.165) is 0 Å². The van der Waals surface area contributed by atoms with Gasteiger partial charge in [0.2, 0.25) is 0 Å². The Bertz CT molecular complexity index is 1110. The quantitative estimate of drug-likeness (QED) is 0.133. The van der Waals surface area contributed by atoms with Crippen molar-refractivity contribution in [3.8, 4) is 0 Å². The number of rotatable bonds is 15. The highest BCUT2D eigenvalue weighted by molar-refractivity contribution is 5.16. The summed E-state index contributed by atoms with van der Waals surface area (Å²) in [5, 5.41) is 0. The van der Waals surface area contributed by atoms with E-state index in [1.807, 2.05) is 0 Å². The average molecular weight is 740 g/mol. The van der Waals surface area contributed by atoms with Gasteiger partial charge in [0, 0.05) is 37.1 Å². The topological polar surface area (TPSA) is 64.5 Å². The normalized spacial score (nSPS) is 26.4. The monoisotopic (exact) mass is 739 g/mol. The molecule has 0 aromatic carbocycles. The Hall–Kier alpha value is -1.87. The molecule has 0 heterocycles.